The summed E-state index contributed by atoms with van der Waals surface area (Å²) in [6.07, 6.45) is 3.39. The zero-order valence-electron chi connectivity index (χ0n) is 10.3. The number of hydrogen-bond acceptors (Lipinski definition) is 2. The molecule has 0 aliphatic heterocycles. The van der Waals surface area contributed by atoms with Crippen LogP contribution < -0.4 is 0 Å². The van der Waals surface area contributed by atoms with Gasteiger partial charge in [0.2, 0.25) is 0 Å². The second kappa shape index (κ2) is 6.04. The van der Waals surface area contributed by atoms with Crippen molar-refractivity contribution >= 4 is 29.1 Å². The highest BCUT2D eigenvalue weighted by atomic mass is 35.5. The summed E-state index contributed by atoms with van der Waals surface area (Å²) in [4.78, 5) is 17.8. The first kappa shape index (κ1) is 13.8. The summed E-state index contributed by atoms with van der Waals surface area (Å²) < 4.78 is 0. The van der Waals surface area contributed by atoms with Gasteiger partial charge in [-0.1, -0.05) is 29.3 Å². The first-order chi connectivity index (χ1) is 9.09. The standard InChI is InChI=1S/C14H12Cl2N2O/c1-18(9-10-5-7-17-8-6-10)14(19)11-3-2-4-12(15)13(11)16/h2-8H,9H2,1H3. The SMILES string of the molecule is CN(Cc1ccncc1)C(=O)c1cccc(Cl)c1Cl. The molecule has 0 aliphatic carbocycles. The number of nitrogens with zero attached hydrogens (tertiary/aromatic N) is 2. The van der Waals surface area contributed by atoms with Gasteiger partial charge in [0.25, 0.3) is 5.91 Å². The van der Waals surface area contributed by atoms with E-state index < -0.39 is 0 Å². The molecule has 5 heteroatoms. The van der Waals surface area contributed by atoms with Gasteiger partial charge in [-0.2, -0.15) is 0 Å². The molecule has 0 bridgehead atoms. The minimum atomic E-state index is -0.163. The topological polar surface area (TPSA) is 33.2 Å². The van der Waals surface area contributed by atoms with Crippen LogP contribution in [0.4, 0.5) is 0 Å². The molecule has 0 unspecified atom stereocenters. The van der Waals surface area contributed by atoms with Gasteiger partial charge in [-0.15, -0.1) is 0 Å². The molecule has 0 fully saturated rings. The number of rotatable bonds is 3. The molecular weight excluding hydrogens is 283 g/mol. The molecule has 3 nitrogen and oxygen atoms in total. The Morgan fingerprint density at radius 1 is 1.21 bits per heavy atom. The normalized spacial score (nSPS) is 10.3. The predicted octanol–water partition coefficient (Wildman–Crippen LogP) is 3.66. The van der Waals surface area contributed by atoms with E-state index in [1.165, 1.54) is 0 Å². The van der Waals surface area contributed by atoms with Crippen LogP contribution >= 0.6 is 23.2 Å². The molecule has 0 N–H and O–H groups in total. The highest BCUT2D eigenvalue weighted by Crippen LogP contribution is 2.26. The molecule has 1 aromatic heterocycles. The number of amides is 1. The van der Waals surface area contributed by atoms with Crippen molar-refractivity contribution in [3.8, 4) is 0 Å². The number of carbonyl (C=O) groups is 1. The first-order valence-electron chi connectivity index (χ1n) is 5.68. The fraction of sp³-hybridized carbons (Fsp3) is 0.143. The quantitative estimate of drug-likeness (QED) is 0.865. The van der Waals surface area contributed by atoms with Gasteiger partial charge in [-0.05, 0) is 29.8 Å². The smallest absolute Gasteiger partial charge is 0.255 e. The van der Waals surface area contributed by atoms with Crippen molar-refractivity contribution in [2.75, 3.05) is 7.05 Å². The van der Waals surface area contributed by atoms with Crippen molar-refractivity contribution in [1.29, 1.82) is 0 Å². The average molecular weight is 295 g/mol. The van der Waals surface area contributed by atoms with Gasteiger partial charge < -0.3 is 4.90 Å². The van der Waals surface area contributed by atoms with E-state index in [1.54, 1.807) is 42.5 Å². The van der Waals surface area contributed by atoms with Crippen molar-refractivity contribution in [2.24, 2.45) is 0 Å². The summed E-state index contributed by atoms with van der Waals surface area (Å²) in [5.74, 6) is -0.163. The van der Waals surface area contributed by atoms with Gasteiger partial charge in [0.15, 0.2) is 0 Å². The van der Waals surface area contributed by atoms with Crippen molar-refractivity contribution in [3.63, 3.8) is 0 Å². The Labute approximate surface area is 121 Å². The van der Waals surface area contributed by atoms with Crippen molar-refractivity contribution < 1.29 is 4.79 Å². The summed E-state index contributed by atoms with van der Waals surface area (Å²) in [5, 5.41) is 0.667. The summed E-state index contributed by atoms with van der Waals surface area (Å²) in [6.45, 7) is 0.490. The lowest BCUT2D eigenvalue weighted by Gasteiger charge is -2.18. The van der Waals surface area contributed by atoms with Gasteiger partial charge >= 0.3 is 0 Å². The predicted molar refractivity (Wildman–Crippen MR) is 76.5 cm³/mol. The Hall–Kier alpha value is -1.58. The second-order valence-electron chi connectivity index (χ2n) is 4.12. The van der Waals surface area contributed by atoms with E-state index in [0.29, 0.717) is 17.1 Å². The molecule has 0 aliphatic rings. The van der Waals surface area contributed by atoms with E-state index in [2.05, 4.69) is 4.98 Å². The maximum Gasteiger partial charge on any atom is 0.255 e. The molecule has 1 aromatic carbocycles. The van der Waals surface area contributed by atoms with Gasteiger partial charge in [-0.3, -0.25) is 9.78 Å². The lowest BCUT2D eigenvalue weighted by molar-refractivity contribution is 0.0785. The molecule has 2 rings (SSSR count). The van der Waals surface area contributed by atoms with Crippen LogP contribution in [0, 0.1) is 0 Å². The summed E-state index contributed by atoms with van der Waals surface area (Å²) in [7, 11) is 1.72. The minimum Gasteiger partial charge on any atom is -0.337 e. The van der Waals surface area contributed by atoms with Gasteiger partial charge in [0.1, 0.15) is 0 Å². The molecule has 0 saturated heterocycles. The Morgan fingerprint density at radius 3 is 2.58 bits per heavy atom. The number of pyridine rings is 1. The van der Waals surface area contributed by atoms with Crippen LogP contribution in [-0.2, 0) is 6.54 Å². The third-order valence-electron chi connectivity index (χ3n) is 2.70. The monoisotopic (exact) mass is 294 g/mol. The van der Waals surface area contributed by atoms with E-state index >= 15 is 0 Å². The lowest BCUT2D eigenvalue weighted by Crippen LogP contribution is -2.26. The van der Waals surface area contributed by atoms with Gasteiger partial charge in [-0.25, -0.2) is 0 Å². The third kappa shape index (κ3) is 3.25. The van der Waals surface area contributed by atoms with Crippen LogP contribution in [0.15, 0.2) is 42.7 Å². The molecule has 19 heavy (non-hydrogen) atoms. The molecule has 0 saturated carbocycles. The zero-order chi connectivity index (χ0) is 13.8. The maximum atomic E-state index is 12.3. The van der Waals surface area contributed by atoms with Crippen LogP contribution in [0.1, 0.15) is 15.9 Å². The van der Waals surface area contributed by atoms with Crippen molar-refractivity contribution in [3.05, 3.63) is 63.9 Å². The van der Waals surface area contributed by atoms with Crippen LogP contribution in [0.25, 0.3) is 0 Å². The Morgan fingerprint density at radius 2 is 1.89 bits per heavy atom. The van der Waals surface area contributed by atoms with Crippen molar-refractivity contribution in [2.45, 2.75) is 6.54 Å². The molecular formula is C14H12Cl2N2O. The van der Waals surface area contributed by atoms with E-state index in [1.807, 2.05) is 12.1 Å². The van der Waals surface area contributed by atoms with Crippen LogP contribution in [0.3, 0.4) is 0 Å². The fourth-order valence-corrected chi connectivity index (χ4v) is 2.09. The van der Waals surface area contributed by atoms with Crippen LogP contribution in [-0.4, -0.2) is 22.8 Å². The highest BCUT2D eigenvalue weighted by molar-refractivity contribution is 6.43. The molecule has 0 spiro atoms. The molecule has 98 valence electrons. The fourth-order valence-electron chi connectivity index (χ4n) is 1.71. The van der Waals surface area contributed by atoms with E-state index in [-0.39, 0.29) is 10.9 Å². The van der Waals surface area contributed by atoms with Crippen LogP contribution in [0.2, 0.25) is 10.0 Å². The second-order valence-corrected chi connectivity index (χ2v) is 4.90. The molecule has 0 atom stereocenters. The number of carbonyl (C=O) groups excluding carboxylic acids is 1. The minimum absolute atomic E-state index is 0.163. The largest absolute Gasteiger partial charge is 0.337 e. The van der Waals surface area contributed by atoms with Crippen molar-refractivity contribution in [1.82, 2.24) is 9.88 Å². The third-order valence-corrected chi connectivity index (χ3v) is 3.52. The lowest BCUT2D eigenvalue weighted by atomic mass is 10.2. The van der Waals surface area contributed by atoms with E-state index in [0.717, 1.165) is 5.56 Å². The van der Waals surface area contributed by atoms with Gasteiger partial charge in [0, 0.05) is 26.0 Å². The highest BCUT2D eigenvalue weighted by Gasteiger charge is 2.16. The zero-order valence-corrected chi connectivity index (χ0v) is 11.8. The number of halogens is 2. The summed E-state index contributed by atoms with van der Waals surface area (Å²) in [6, 6.07) is 8.76. The Bertz CT molecular complexity index is 587. The van der Waals surface area contributed by atoms with E-state index in [4.69, 9.17) is 23.2 Å². The molecule has 2 aromatic rings. The Balaban J connectivity index is 2.18. The van der Waals surface area contributed by atoms with Gasteiger partial charge in [0.05, 0.1) is 15.6 Å². The number of aromatic nitrogens is 1. The molecule has 0 radical (unpaired) electrons. The maximum absolute atomic E-state index is 12.3. The molecule has 1 amide bonds. The molecule has 1 heterocycles. The van der Waals surface area contributed by atoms with E-state index in [9.17, 15) is 4.79 Å². The summed E-state index contributed by atoms with van der Waals surface area (Å²) >= 11 is 12.0. The Kier molecular flexibility index (Phi) is 4.40. The summed E-state index contributed by atoms with van der Waals surface area (Å²) in [5.41, 5.74) is 1.41. The van der Waals surface area contributed by atoms with Crippen LogP contribution in [0.5, 0.6) is 0 Å². The number of hydrogen-bond donors (Lipinski definition) is 0. The average Bonchev–Trinajstić information content (AvgIpc) is 2.42. The first-order valence-corrected chi connectivity index (χ1v) is 6.43. The number of benzene rings is 1.